The van der Waals surface area contributed by atoms with Gasteiger partial charge in [-0.1, -0.05) is 146 Å². The van der Waals surface area contributed by atoms with E-state index in [0.717, 1.165) is 18.4 Å². The molecule has 4 rings (SSSR count). The van der Waals surface area contributed by atoms with E-state index in [2.05, 4.69) is 21.9 Å². The van der Waals surface area contributed by atoms with Crippen molar-refractivity contribution in [1.29, 1.82) is 0 Å². The van der Waals surface area contributed by atoms with Crippen LogP contribution < -0.4 is 11.3 Å². The minimum absolute atomic E-state index is 0.0305. The molecule has 2 aromatic carbocycles. The van der Waals surface area contributed by atoms with E-state index in [1.54, 1.807) is 23.6 Å². The number of nitrogens with two attached hydrogens (primary N) is 1. The molecule has 0 spiro atoms. The van der Waals surface area contributed by atoms with Crippen molar-refractivity contribution in [2.24, 2.45) is 0 Å². The summed E-state index contributed by atoms with van der Waals surface area (Å²) < 4.78 is 60.1. The molecule has 322 valence electrons. The molecule has 0 aliphatic rings. The van der Waals surface area contributed by atoms with E-state index in [-0.39, 0.29) is 56.6 Å². The number of ether oxygens (including phenoxy) is 3. The standard InChI is InChI=1S/C44H67FN5O7P/c1-3-4-5-6-7-8-9-10-11-12-13-14-15-16-17-21-27-53-32-39(55-30-37-22-19-18-20-23-37)33-57-58(52,56-31-38-25-24-36(2)40(45)29-38)35-54-28-26-50-34-47-41-42(50)48-44(46)49-43(41)51/h18-20,22-25,29,34,39H,3-17,21,26-28,30-33,35H2,1-2H3,(H3,46,48,49,51). The summed E-state index contributed by atoms with van der Waals surface area (Å²) in [6, 6.07) is 14.5. The van der Waals surface area contributed by atoms with Crippen LogP contribution in [0.5, 0.6) is 0 Å². The molecule has 0 bridgehead atoms. The summed E-state index contributed by atoms with van der Waals surface area (Å²) in [6.45, 7) is 5.19. The van der Waals surface area contributed by atoms with Crippen LogP contribution in [0.3, 0.4) is 0 Å². The van der Waals surface area contributed by atoms with Crippen LogP contribution in [-0.2, 0) is 47.6 Å². The first kappa shape index (κ1) is 47.2. The summed E-state index contributed by atoms with van der Waals surface area (Å²) in [5.41, 5.74) is 7.72. The second-order valence-corrected chi connectivity index (χ2v) is 17.2. The molecule has 2 heterocycles. The third-order valence-corrected chi connectivity index (χ3v) is 11.7. The van der Waals surface area contributed by atoms with Gasteiger partial charge in [0, 0.05) is 13.2 Å². The summed E-state index contributed by atoms with van der Waals surface area (Å²) in [5, 5.41) is 0. The summed E-state index contributed by atoms with van der Waals surface area (Å²) in [4.78, 5) is 22.9. The number of H-pyrrole nitrogens is 1. The molecule has 0 fully saturated rings. The number of nitrogens with zero attached hydrogens (tertiary/aromatic N) is 3. The molecule has 0 aliphatic carbocycles. The summed E-state index contributed by atoms with van der Waals surface area (Å²) in [7, 11) is -3.91. The number of aromatic nitrogens is 4. The Hall–Kier alpha value is -3.45. The highest BCUT2D eigenvalue weighted by Gasteiger charge is 2.28. The lowest BCUT2D eigenvalue weighted by Crippen LogP contribution is -2.26. The SMILES string of the molecule is CCCCCCCCCCCCCCCCCCOCC(COP(=O)(COCCn1cnc2c(=O)[nH]c(N)nc21)OCc1ccc(C)c(F)c1)OCc1ccccc1. The highest BCUT2D eigenvalue weighted by molar-refractivity contribution is 7.53. The Morgan fingerprint density at radius 2 is 1.45 bits per heavy atom. The average molecular weight is 828 g/mol. The van der Waals surface area contributed by atoms with E-state index < -0.39 is 19.3 Å². The predicted molar refractivity (Wildman–Crippen MR) is 228 cm³/mol. The number of nitrogens with one attached hydrogen (secondary N) is 1. The smallest absolute Gasteiger partial charge is 0.356 e. The second-order valence-electron chi connectivity index (χ2n) is 15.2. The number of aryl methyl sites for hydroxylation is 1. The number of anilines is 1. The van der Waals surface area contributed by atoms with Crippen LogP contribution >= 0.6 is 7.60 Å². The number of unbranched alkanes of at least 4 members (excludes halogenated alkanes) is 15. The van der Waals surface area contributed by atoms with Gasteiger partial charge >= 0.3 is 7.60 Å². The first-order chi connectivity index (χ1) is 28.3. The van der Waals surface area contributed by atoms with Gasteiger partial charge in [0.05, 0.1) is 39.4 Å². The van der Waals surface area contributed by atoms with Crippen molar-refractivity contribution < 1.29 is 32.2 Å². The average Bonchev–Trinajstić information content (AvgIpc) is 3.63. The molecule has 2 unspecified atom stereocenters. The maximum atomic E-state index is 14.3. The van der Waals surface area contributed by atoms with Gasteiger partial charge in [0.25, 0.3) is 5.56 Å². The predicted octanol–water partition coefficient (Wildman–Crippen LogP) is 10.4. The van der Waals surface area contributed by atoms with Gasteiger partial charge < -0.3 is 33.6 Å². The number of benzene rings is 2. The number of aromatic amines is 1. The van der Waals surface area contributed by atoms with Crippen molar-refractivity contribution >= 4 is 24.7 Å². The van der Waals surface area contributed by atoms with E-state index in [9.17, 15) is 13.8 Å². The van der Waals surface area contributed by atoms with Crippen LogP contribution in [0.2, 0.25) is 0 Å². The number of rotatable bonds is 33. The fraction of sp³-hybridized carbons (Fsp3) is 0.614. The minimum atomic E-state index is -3.91. The highest BCUT2D eigenvalue weighted by Crippen LogP contribution is 2.49. The minimum Gasteiger partial charge on any atom is -0.379 e. The maximum absolute atomic E-state index is 14.3. The normalized spacial score (nSPS) is 13.3. The molecule has 2 aromatic heterocycles. The van der Waals surface area contributed by atoms with Crippen LogP contribution in [0, 0.1) is 12.7 Å². The molecular formula is C44H67FN5O7P. The van der Waals surface area contributed by atoms with Gasteiger partial charge in [-0.05, 0) is 36.1 Å². The number of fused-ring (bicyclic) bond motifs is 1. The van der Waals surface area contributed by atoms with Gasteiger partial charge in [-0.3, -0.25) is 14.3 Å². The fourth-order valence-corrected chi connectivity index (χ4v) is 7.90. The first-order valence-electron chi connectivity index (χ1n) is 21.4. The van der Waals surface area contributed by atoms with Crippen molar-refractivity contribution in [1.82, 2.24) is 19.5 Å². The number of hydrogen-bond acceptors (Lipinski definition) is 10. The van der Waals surface area contributed by atoms with Gasteiger partial charge in [0.2, 0.25) is 5.95 Å². The Bertz CT molecular complexity index is 1830. The van der Waals surface area contributed by atoms with Crippen LogP contribution in [0.1, 0.15) is 126 Å². The summed E-state index contributed by atoms with van der Waals surface area (Å²) >= 11 is 0. The molecule has 58 heavy (non-hydrogen) atoms. The van der Waals surface area contributed by atoms with Crippen molar-refractivity contribution in [2.75, 3.05) is 38.5 Å². The van der Waals surface area contributed by atoms with Crippen molar-refractivity contribution in [2.45, 2.75) is 142 Å². The van der Waals surface area contributed by atoms with Gasteiger partial charge in [0.15, 0.2) is 11.2 Å². The molecule has 0 amide bonds. The Kier molecular flexibility index (Phi) is 22.3. The van der Waals surface area contributed by atoms with Gasteiger partial charge in [-0.25, -0.2) is 9.37 Å². The van der Waals surface area contributed by atoms with Gasteiger partial charge in [-0.15, -0.1) is 0 Å². The van der Waals surface area contributed by atoms with Gasteiger partial charge in [0.1, 0.15) is 18.3 Å². The van der Waals surface area contributed by atoms with Crippen molar-refractivity contribution in [3.8, 4) is 0 Å². The molecule has 3 N–H and O–H groups in total. The molecule has 0 radical (unpaired) electrons. The van der Waals surface area contributed by atoms with E-state index in [1.165, 1.54) is 102 Å². The van der Waals surface area contributed by atoms with Crippen molar-refractivity contribution in [3.63, 3.8) is 0 Å². The monoisotopic (exact) mass is 827 g/mol. The zero-order chi connectivity index (χ0) is 41.3. The molecular weight excluding hydrogens is 760 g/mol. The first-order valence-corrected chi connectivity index (χ1v) is 23.1. The van der Waals surface area contributed by atoms with E-state index in [4.69, 9.17) is 29.0 Å². The largest absolute Gasteiger partial charge is 0.379 e. The second kappa shape index (κ2) is 27.3. The van der Waals surface area contributed by atoms with Crippen LogP contribution in [0.15, 0.2) is 59.7 Å². The van der Waals surface area contributed by atoms with Crippen LogP contribution in [0.25, 0.3) is 11.2 Å². The Balaban J connectivity index is 1.22. The zero-order valence-corrected chi connectivity index (χ0v) is 35.7. The molecule has 0 saturated heterocycles. The van der Waals surface area contributed by atoms with Gasteiger partial charge in [-0.2, -0.15) is 4.98 Å². The third kappa shape index (κ3) is 18.2. The van der Waals surface area contributed by atoms with E-state index >= 15 is 0 Å². The number of halogens is 1. The quantitative estimate of drug-likeness (QED) is 0.0350. The molecule has 0 saturated carbocycles. The molecule has 14 heteroatoms. The lowest BCUT2D eigenvalue weighted by molar-refractivity contribution is -0.0489. The summed E-state index contributed by atoms with van der Waals surface area (Å²) in [5.74, 6) is -0.415. The number of hydrogen-bond donors (Lipinski definition) is 2. The number of nitrogen functional groups attached to an aromatic ring is 1. The van der Waals surface area contributed by atoms with E-state index in [1.807, 2.05) is 30.3 Å². The Morgan fingerprint density at radius 1 is 0.793 bits per heavy atom. The molecule has 12 nitrogen and oxygen atoms in total. The lowest BCUT2D eigenvalue weighted by atomic mass is 10.0. The fourth-order valence-electron chi connectivity index (χ4n) is 6.58. The number of imidazole rings is 1. The van der Waals surface area contributed by atoms with Crippen LogP contribution in [-0.4, -0.2) is 58.4 Å². The molecule has 2 atom stereocenters. The topological polar surface area (TPSA) is 153 Å². The molecule has 4 aromatic rings. The zero-order valence-electron chi connectivity index (χ0n) is 34.8. The van der Waals surface area contributed by atoms with E-state index in [0.29, 0.717) is 30.0 Å². The summed E-state index contributed by atoms with van der Waals surface area (Å²) in [6.07, 6.45) is 21.5. The highest BCUT2D eigenvalue weighted by atomic mass is 31.2. The van der Waals surface area contributed by atoms with Crippen LogP contribution in [0.4, 0.5) is 10.3 Å². The lowest BCUT2D eigenvalue weighted by Gasteiger charge is -2.23. The maximum Gasteiger partial charge on any atom is 0.356 e. The Morgan fingerprint density at radius 3 is 2.10 bits per heavy atom. The molecule has 0 aliphatic heterocycles. The van der Waals surface area contributed by atoms with Crippen molar-refractivity contribution in [3.05, 3.63) is 87.7 Å². The Labute approximate surface area is 344 Å². The third-order valence-electron chi connectivity index (χ3n) is 10.1.